The summed E-state index contributed by atoms with van der Waals surface area (Å²) in [5, 5.41) is 3.52. The summed E-state index contributed by atoms with van der Waals surface area (Å²) < 4.78 is 5.85. The number of carbonyl (C=O) groups excluding carboxylic acids is 1. The Kier molecular flexibility index (Phi) is 9.91. The van der Waals surface area contributed by atoms with Gasteiger partial charge in [-0.05, 0) is 109 Å². The average Bonchev–Trinajstić information content (AvgIpc) is 3.31. The minimum absolute atomic E-state index is 0.0242. The Morgan fingerprint density at radius 1 is 0.976 bits per heavy atom. The van der Waals surface area contributed by atoms with Crippen molar-refractivity contribution in [2.24, 2.45) is 58.0 Å². The number of fused-ring (bicyclic) bond motifs is 5. The van der Waals surface area contributed by atoms with E-state index in [-0.39, 0.29) is 24.0 Å². The van der Waals surface area contributed by atoms with Crippen molar-refractivity contribution in [1.29, 1.82) is 0 Å². The number of nitrogens with one attached hydrogen (secondary N) is 1. The molecule has 1 aromatic rings. The van der Waals surface area contributed by atoms with Crippen molar-refractivity contribution in [2.75, 3.05) is 6.61 Å². The van der Waals surface area contributed by atoms with E-state index in [0.29, 0.717) is 12.0 Å². The maximum Gasteiger partial charge on any atom is 0.239 e. The van der Waals surface area contributed by atoms with Crippen LogP contribution in [0.2, 0.25) is 0 Å². The zero-order valence-electron chi connectivity index (χ0n) is 26.9. The topological polar surface area (TPSA) is 64.4 Å². The van der Waals surface area contributed by atoms with E-state index < -0.39 is 6.04 Å². The quantitative estimate of drug-likeness (QED) is 0.285. The fourth-order valence-electron chi connectivity index (χ4n) is 10.8. The fraction of sp³-hybridized carbons (Fsp3) is 0.811. The van der Waals surface area contributed by atoms with E-state index in [4.69, 9.17) is 10.5 Å². The molecule has 4 fully saturated rings. The SMILES string of the molecule is CC(C)CCC[C@@H](C)[C@H]1CC[C@H]2[C@@H]3CCC4CCCC(NC(=O)[C@@H](N)COCc5ccccc5)[C@]4(C)[C@H]3CC[C@]12C. The van der Waals surface area contributed by atoms with Gasteiger partial charge >= 0.3 is 0 Å². The first-order chi connectivity index (χ1) is 19.6. The van der Waals surface area contributed by atoms with Gasteiger partial charge in [-0.2, -0.15) is 0 Å². The molecule has 5 rings (SSSR count). The van der Waals surface area contributed by atoms with Crippen LogP contribution in [0.1, 0.15) is 117 Å². The molecule has 0 saturated heterocycles. The van der Waals surface area contributed by atoms with Gasteiger partial charge in [0, 0.05) is 6.04 Å². The summed E-state index contributed by atoms with van der Waals surface area (Å²) >= 11 is 0. The molecule has 4 heteroatoms. The molecule has 0 spiro atoms. The Balaban J connectivity index is 1.23. The molecule has 0 aromatic heterocycles. The molecular formula is C37H60N2O2. The average molecular weight is 565 g/mol. The number of benzene rings is 1. The third-order valence-electron chi connectivity index (χ3n) is 13.0. The largest absolute Gasteiger partial charge is 0.375 e. The van der Waals surface area contributed by atoms with Gasteiger partial charge in [0.1, 0.15) is 6.04 Å². The smallest absolute Gasteiger partial charge is 0.239 e. The number of nitrogens with two attached hydrogens (primary N) is 1. The Morgan fingerprint density at radius 2 is 1.76 bits per heavy atom. The van der Waals surface area contributed by atoms with E-state index in [1.807, 2.05) is 30.3 Å². The molecule has 1 amide bonds. The van der Waals surface area contributed by atoms with Gasteiger partial charge in [0.15, 0.2) is 0 Å². The van der Waals surface area contributed by atoms with Gasteiger partial charge in [0.05, 0.1) is 13.2 Å². The fourth-order valence-corrected chi connectivity index (χ4v) is 10.8. The lowest BCUT2D eigenvalue weighted by Crippen LogP contribution is -2.63. The van der Waals surface area contributed by atoms with Crippen LogP contribution >= 0.6 is 0 Å². The molecule has 0 aliphatic heterocycles. The Morgan fingerprint density at radius 3 is 2.51 bits per heavy atom. The van der Waals surface area contributed by atoms with E-state index >= 15 is 0 Å². The molecule has 41 heavy (non-hydrogen) atoms. The molecule has 0 bridgehead atoms. The number of hydrogen-bond donors (Lipinski definition) is 2. The van der Waals surface area contributed by atoms with Crippen molar-refractivity contribution in [3.05, 3.63) is 35.9 Å². The monoisotopic (exact) mass is 564 g/mol. The van der Waals surface area contributed by atoms with Crippen LogP contribution in [-0.4, -0.2) is 24.6 Å². The first-order valence-corrected chi connectivity index (χ1v) is 17.3. The summed E-state index contributed by atoms with van der Waals surface area (Å²) in [7, 11) is 0. The van der Waals surface area contributed by atoms with Crippen LogP contribution in [0.4, 0.5) is 0 Å². The first kappa shape index (κ1) is 31.0. The minimum Gasteiger partial charge on any atom is -0.375 e. The first-order valence-electron chi connectivity index (χ1n) is 17.3. The van der Waals surface area contributed by atoms with Crippen molar-refractivity contribution in [3.63, 3.8) is 0 Å². The number of carbonyl (C=O) groups is 1. The van der Waals surface area contributed by atoms with Gasteiger partial charge in [-0.1, -0.05) is 90.6 Å². The van der Waals surface area contributed by atoms with Crippen LogP contribution in [0.5, 0.6) is 0 Å². The van der Waals surface area contributed by atoms with E-state index in [1.54, 1.807) is 0 Å². The van der Waals surface area contributed by atoms with E-state index in [2.05, 4.69) is 39.9 Å². The third kappa shape index (κ3) is 6.30. The standard InChI is InChI=1S/C37H60N2O2/c1-25(2)11-9-12-26(3)30-19-20-31-29-18-17-28-15-10-16-34(37(28,5)32(29)21-22-36(30,31)4)39-35(40)33(38)24-41-23-27-13-7-6-8-14-27/h6-8,13-14,25-26,28-34H,9-12,15-24,38H2,1-5H3,(H,39,40)/t26-,28?,29+,30-,31+,32+,33+,34?,36-,37+/m1/s1. The van der Waals surface area contributed by atoms with Crippen LogP contribution in [0.3, 0.4) is 0 Å². The molecule has 10 atom stereocenters. The van der Waals surface area contributed by atoms with Crippen LogP contribution in [0.25, 0.3) is 0 Å². The summed E-state index contributed by atoms with van der Waals surface area (Å²) in [6.45, 7) is 13.3. The zero-order chi connectivity index (χ0) is 29.2. The molecule has 4 nitrogen and oxygen atoms in total. The lowest BCUT2D eigenvalue weighted by Gasteiger charge is -2.63. The van der Waals surface area contributed by atoms with Crippen molar-refractivity contribution in [2.45, 2.75) is 130 Å². The molecule has 3 N–H and O–H groups in total. The highest BCUT2D eigenvalue weighted by Crippen LogP contribution is 2.68. The molecule has 230 valence electrons. The number of rotatable bonds is 11. The lowest BCUT2D eigenvalue weighted by molar-refractivity contribution is -0.140. The Hall–Kier alpha value is -1.39. The van der Waals surface area contributed by atoms with Gasteiger partial charge in [-0.15, -0.1) is 0 Å². The van der Waals surface area contributed by atoms with Gasteiger partial charge in [0.2, 0.25) is 5.91 Å². The van der Waals surface area contributed by atoms with E-state index in [1.165, 1.54) is 70.6 Å². The van der Waals surface area contributed by atoms with Gasteiger partial charge in [0.25, 0.3) is 0 Å². The van der Waals surface area contributed by atoms with Crippen molar-refractivity contribution >= 4 is 5.91 Å². The maximum absolute atomic E-state index is 13.4. The summed E-state index contributed by atoms with van der Waals surface area (Å²) in [4.78, 5) is 13.4. The molecule has 0 heterocycles. The predicted molar refractivity (Wildman–Crippen MR) is 169 cm³/mol. The van der Waals surface area contributed by atoms with Crippen LogP contribution in [0, 0.1) is 52.3 Å². The van der Waals surface area contributed by atoms with Gasteiger partial charge < -0.3 is 15.8 Å². The highest BCUT2D eigenvalue weighted by molar-refractivity contribution is 5.82. The predicted octanol–water partition coefficient (Wildman–Crippen LogP) is 8.14. The summed E-state index contributed by atoms with van der Waals surface area (Å²) in [5.41, 5.74) is 8.19. The molecular weight excluding hydrogens is 504 g/mol. The van der Waals surface area contributed by atoms with Crippen LogP contribution < -0.4 is 11.1 Å². The molecule has 1 aromatic carbocycles. The van der Waals surface area contributed by atoms with Crippen molar-refractivity contribution in [1.82, 2.24) is 5.32 Å². The minimum atomic E-state index is -0.621. The van der Waals surface area contributed by atoms with Crippen molar-refractivity contribution < 1.29 is 9.53 Å². The van der Waals surface area contributed by atoms with Crippen LogP contribution in [0.15, 0.2) is 30.3 Å². The second kappa shape index (κ2) is 13.1. The molecule has 4 aliphatic carbocycles. The van der Waals surface area contributed by atoms with E-state index in [9.17, 15) is 4.79 Å². The Bertz CT molecular complexity index is 996. The third-order valence-corrected chi connectivity index (χ3v) is 13.0. The second-order valence-corrected chi connectivity index (χ2v) is 15.6. The summed E-state index contributed by atoms with van der Waals surface area (Å²) in [6.07, 6.45) is 16.2. The number of amides is 1. The highest BCUT2D eigenvalue weighted by atomic mass is 16.5. The molecule has 4 saturated carbocycles. The molecule has 4 aliphatic rings. The number of ether oxygens (including phenoxy) is 1. The normalized spacial score (nSPS) is 38.0. The van der Waals surface area contributed by atoms with Crippen molar-refractivity contribution in [3.8, 4) is 0 Å². The molecule has 0 radical (unpaired) electrons. The summed E-state index contributed by atoms with van der Waals surface area (Å²) in [5.74, 6) is 5.67. The van der Waals surface area contributed by atoms with Gasteiger partial charge in [-0.25, -0.2) is 0 Å². The van der Waals surface area contributed by atoms with Crippen LogP contribution in [-0.2, 0) is 16.1 Å². The van der Waals surface area contributed by atoms with Gasteiger partial charge in [-0.3, -0.25) is 4.79 Å². The Labute approximate surface area is 251 Å². The molecule has 2 unspecified atom stereocenters. The highest BCUT2D eigenvalue weighted by Gasteiger charge is 2.62. The summed E-state index contributed by atoms with van der Waals surface area (Å²) in [6, 6.07) is 9.73. The number of hydrogen-bond acceptors (Lipinski definition) is 3. The zero-order valence-corrected chi connectivity index (χ0v) is 26.9. The lowest BCUT2D eigenvalue weighted by atomic mass is 9.43. The maximum atomic E-state index is 13.4. The second-order valence-electron chi connectivity index (χ2n) is 15.6. The van der Waals surface area contributed by atoms with E-state index in [0.717, 1.165) is 53.4 Å².